The van der Waals surface area contributed by atoms with Gasteiger partial charge in [0.25, 0.3) is 5.56 Å². The van der Waals surface area contributed by atoms with Crippen molar-refractivity contribution < 1.29 is 4.74 Å². The normalized spacial score (nSPS) is 9.67. The van der Waals surface area contributed by atoms with Crippen LogP contribution in [0.3, 0.4) is 0 Å². The van der Waals surface area contributed by atoms with Crippen LogP contribution >= 0.6 is 0 Å². The lowest BCUT2D eigenvalue weighted by Crippen LogP contribution is -2.16. The smallest absolute Gasteiger partial charge is 0.268 e. The molecule has 1 aromatic carbocycles. The minimum atomic E-state index is -0.670. The zero-order valence-electron chi connectivity index (χ0n) is 13.7. The molecular formula is C19H10N6O2. The van der Waals surface area contributed by atoms with Gasteiger partial charge in [0.1, 0.15) is 46.5 Å². The van der Waals surface area contributed by atoms with Gasteiger partial charge in [0.05, 0.1) is 0 Å². The molecule has 0 aliphatic heterocycles. The number of ether oxygens (including phenoxy) is 1. The van der Waals surface area contributed by atoms with Crippen molar-refractivity contribution in [2.75, 3.05) is 5.73 Å². The number of nitrogens with zero attached hydrogens (tertiary/aromatic N) is 4. The van der Waals surface area contributed by atoms with Gasteiger partial charge in [0, 0.05) is 11.8 Å². The molecule has 0 saturated heterocycles. The number of hydrogen-bond donors (Lipinski definition) is 2. The Bertz CT molecular complexity index is 1210. The van der Waals surface area contributed by atoms with Gasteiger partial charge in [-0.1, -0.05) is 12.1 Å². The third-order valence-corrected chi connectivity index (χ3v) is 3.72. The number of hydrogen-bond acceptors (Lipinski definition) is 7. The van der Waals surface area contributed by atoms with Crippen molar-refractivity contribution in [2.45, 2.75) is 0 Å². The Hall–Kier alpha value is -4.61. The summed E-state index contributed by atoms with van der Waals surface area (Å²) in [6, 6.07) is 15.2. The summed E-state index contributed by atoms with van der Waals surface area (Å²) >= 11 is 0. The highest BCUT2D eigenvalue weighted by Crippen LogP contribution is 2.30. The van der Waals surface area contributed by atoms with Crippen LogP contribution in [0, 0.1) is 34.0 Å². The molecule has 0 fully saturated rings. The number of nitrogens with two attached hydrogens (primary N) is 1. The second-order valence-corrected chi connectivity index (χ2v) is 5.31. The van der Waals surface area contributed by atoms with E-state index in [1.807, 2.05) is 12.1 Å². The van der Waals surface area contributed by atoms with Crippen molar-refractivity contribution >= 4 is 5.82 Å². The third-order valence-electron chi connectivity index (χ3n) is 3.72. The van der Waals surface area contributed by atoms with E-state index in [9.17, 15) is 15.3 Å². The Morgan fingerprint density at radius 2 is 1.70 bits per heavy atom. The molecule has 0 bridgehead atoms. The summed E-state index contributed by atoms with van der Waals surface area (Å²) in [5.74, 6) is 0.441. The Balaban J connectivity index is 2.05. The zero-order chi connectivity index (χ0) is 19.4. The van der Waals surface area contributed by atoms with E-state index >= 15 is 0 Å². The molecule has 0 amide bonds. The SMILES string of the molecule is N#Cc1cccnc1Oc1ccc(-c2c(C#N)c(N)[nH]c(=O)c2C#N)cc1. The first-order valence-electron chi connectivity index (χ1n) is 7.58. The lowest BCUT2D eigenvalue weighted by Gasteiger charge is -2.10. The fraction of sp³-hybridized carbons (Fsp3) is 0. The van der Waals surface area contributed by atoms with Crippen LogP contribution in [-0.4, -0.2) is 9.97 Å². The number of aromatic nitrogens is 2. The lowest BCUT2D eigenvalue weighted by molar-refractivity contribution is 0.461. The van der Waals surface area contributed by atoms with Crippen molar-refractivity contribution in [1.29, 1.82) is 15.8 Å². The largest absolute Gasteiger partial charge is 0.438 e. The van der Waals surface area contributed by atoms with Gasteiger partial charge in [0.2, 0.25) is 5.88 Å². The fourth-order valence-corrected chi connectivity index (χ4v) is 2.49. The van der Waals surface area contributed by atoms with E-state index < -0.39 is 5.56 Å². The first-order chi connectivity index (χ1) is 13.1. The highest BCUT2D eigenvalue weighted by molar-refractivity contribution is 5.80. The molecule has 8 nitrogen and oxygen atoms in total. The van der Waals surface area contributed by atoms with E-state index in [1.54, 1.807) is 42.5 Å². The monoisotopic (exact) mass is 354 g/mol. The summed E-state index contributed by atoms with van der Waals surface area (Å²) in [7, 11) is 0. The fourth-order valence-electron chi connectivity index (χ4n) is 2.49. The number of rotatable bonds is 3. The van der Waals surface area contributed by atoms with Gasteiger partial charge in [-0.2, -0.15) is 15.8 Å². The lowest BCUT2D eigenvalue weighted by atomic mass is 9.96. The first kappa shape index (κ1) is 17.2. The van der Waals surface area contributed by atoms with Crippen LogP contribution in [-0.2, 0) is 0 Å². The number of nitrogens with one attached hydrogen (secondary N) is 1. The van der Waals surface area contributed by atoms with Crippen LogP contribution in [0.1, 0.15) is 16.7 Å². The van der Waals surface area contributed by atoms with Crippen LogP contribution in [0.15, 0.2) is 47.4 Å². The summed E-state index contributed by atoms with van der Waals surface area (Å²) in [5, 5.41) is 27.7. The van der Waals surface area contributed by atoms with E-state index in [1.165, 1.54) is 6.20 Å². The van der Waals surface area contributed by atoms with Crippen LogP contribution in [0.4, 0.5) is 5.82 Å². The molecule has 0 atom stereocenters. The van der Waals surface area contributed by atoms with Gasteiger partial charge >= 0.3 is 0 Å². The van der Waals surface area contributed by atoms with Gasteiger partial charge in [0.15, 0.2) is 0 Å². The van der Waals surface area contributed by atoms with Gasteiger partial charge in [-0.3, -0.25) is 4.79 Å². The van der Waals surface area contributed by atoms with Crippen molar-refractivity contribution in [3.05, 3.63) is 69.6 Å². The molecule has 8 heteroatoms. The van der Waals surface area contributed by atoms with Crippen molar-refractivity contribution in [3.63, 3.8) is 0 Å². The molecule has 2 heterocycles. The zero-order valence-corrected chi connectivity index (χ0v) is 13.7. The molecular weight excluding hydrogens is 344 g/mol. The average Bonchev–Trinajstić information content (AvgIpc) is 2.68. The molecule has 27 heavy (non-hydrogen) atoms. The van der Waals surface area contributed by atoms with Crippen molar-refractivity contribution in [1.82, 2.24) is 9.97 Å². The number of nitriles is 3. The average molecular weight is 354 g/mol. The minimum Gasteiger partial charge on any atom is -0.438 e. The summed E-state index contributed by atoms with van der Waals surface area (Å²) in [6.07, 6.45) is 1.50. The number of nitrogen functional groups attached to an aromatic ring is 1. The van der Waals surface area contributed by atoms with Crippen LogP contribution in [0.2, 0.25) is 0 Å². The molecule has 0 spiro atoms. The van der Waals surface area contributed by atoms with E-state index in [2.05, 4.69) is 9.97 Å². The summed E-state index contributed by atoms with van der Waals surface area (Å²) in [4.78, 5) is 18.3. The Morgan fingerprint density at radius 3 is 2.33 bits per heavy atom. The first-order valence-corrected chi connectivity index (χ1v) is 7.58. The van der Waals surface area contributed by atoms with E-state index in [-0.39, 0.29) is 34.0 Å². The van der Waals surface area contributed by atoms with Gasteiger partial charge in [-0.15, -0.1) is 0 Å². The predicted molar refractivity (Wildman–Crippen MR) is 95.4 cm³/mol. The molecule has 0 unspecified atom stereocenters. The summed E-state index contributed by atoms with van der Waals surface area (Å²) < 4.78 is 5.60. The maximum absolute atomic E-state index is 12.0. The quantitative estimate of drug-likeness (QED) is 0.732. The van der Waals surface area contributed by atoms with Crippen LogP contribution in [0.25, 0.3) is 11.1 Å². The molecule has 3 N–H and O–H groups in total. The molecule has 0 saturated carbocycles. The third kappa shape index (κ3) is 3.17. The molecule has 0 aliphatic carbocycles. The van der Waals surface area contributed by atoms with E-state index in [4.69, 9.17) is 15.7 Å². The topological polar surface area (TPSA) is 152 Å². The summed E-state index contributed by atoms with van der Waals surface area (Å²) in [6.45, 7) is 0. The number of aromatic amines is 1. The number of anilines is 1. The highest BCUT2D eigenvalue weighted by atomic mass is 16.5. The van der Waals surface area contributed by atoms with Gasteiger partial charge in [-0.25, -0.2) is 4.98 Å². The Morgan fingerprint density at radius 1 is 1.00 bits per heavy atom. The summed E-state index contributed by atoms with van der Waals surface area (Å²) in [5.41, 5.74) is 5.73. The molecule has 3 rings (SSSR count). The second kappa shape index (κ2) is 7.10. The maximum Gasteiger partial charge on any atom is 0.268 e. The Labute approximate surface area is 153 Å². The van der Waals surface area contributed by atoms with Crippen LogP contribution < -0.4 is 16.0 Å². The Kier molecular flexibility index (Phi) is 4.53. The molecule has 0 aliphatic rings. The number of pyridine rings is 2. The van der Waals surface area contributed by atoms with Crippen molar-refractivity contribution in [2.24, 2.45) is 0 Å². The van der Waals surface area contributed by atoms with Gasteiger partial charge < -0.3 is 15.5 Å². The molecule has 0 radical (unpaired) electrons. The minimum absolute atomic E-state index is 0.0105. The van der Waals surface area contributed by atoms with Gasteiger partial charge in [-0.05, 0) is 29.8 Å². The van der Waals surface area contributed by atoms with E-state index in [0.29, 0.717) is 11.3 Å². The molecule has 2 aromatic heterocycles. The predicted octanol–water partition coefficient (Wildman–Crippen LogP) is 2.43. The second-order valence-electron chi connectivity index (χ2n) is 5.31. The highest BCUT2D eigenvalue weighted by Gasteiger charge is 2.18. The molecule has 3 aromatic rings. The number of benzene rings is 1. The van der Waals surface area contributed by atoms with Crippen molar-refractivity contribution in [3.8, 4) is 41.0 Å². The standard InChI is InChI=1S/C19H10N6O2/c20-8-12-2-1-7-24-19(12)27-13-5-3-11(4-6-13)16-14(9-21)17(23)25-18(26)15(16)10-22/h1-7H,(H3,23,25,26). The van der Waals surface area contributed by atoms with Crippen LogP contribution in [0.5, 0.6) is 11.6 Å². The molecule has 128 valence electrons. The maximum atomic E-state index is 12.0. The van der Waals surface area contributed by atoms with E-state index in [0.717, 1.165) is 0 Å². The number of H-pyrrole nitrogens is 1.